The molecule has 0 radical (unpaired) electrons. The van der Waals surface area contributed by atoms with Gasteiger partial charge in [-0.05, 0) is 22.0 Å². The van der Waals surface area contributed by atoms with Crippen LogP contribution in [0.5, 0.6) is 5.75 Å². The highest BCUT2D eigenvalue weighted by atomic mass is 79.9. The summed E-state index contributed by atoms with van der Waals surface area (Å²) in [5.41, 5.74) is 1.30. The molecule has 0 bridgehead atoms. The van der Waals surface area contributed by atoms with Gasteiger partial charge in [0.15, 0.2) is 0 Å². The second-order valence-electron chi connectivity index (χ2n) is 3.78. The van der Waals surface area contributed by atoms with Gasteiger partial charge in [0.25, 0.3) is 5.91 Å². The number of carbonyl (C=O) groups excluding carboxylic acids is 1. The molecule has 0 aliphatic rings. The van der Waals surface area contributed by atoms with Crippen molar-refractivity contribution in [3.8, 4) is 5.75 Å². The Morgan fingerprint density at radius 3 is 2.82 bits per heavy atom. The van der Waals surface area contributed by atoms with E-state index in [-0.39, 0.29) is 5.91 Å². The number of carbonyl (C=O) groups is 1. The Labute approximate surface area is 107 Å². The average Bonchev–Trinajstić information content (AvgIpc) is 2.71. The minimum absolute atomic E-state index is 0.0779. The minimum Gasteiger partial charge on any atom is -0.495 e. The lowest BCUT2D eigenvalue weighted by Crippen LogP contribution is -2.21. The lowest BCUT2D eigenvalue weighted by Gasteiger charge is -2.09. The van der Waals surface area contributed by atoms with Gasteiger partial charge in [-0.2, -0.15) is 5.10 Å². The third-order valence-electron chi connectivity index (χ3n) is 2.41. The number of methoxy groups -OCH3 is 1. The molecule has 0 atom stereocenters. The highest BCUT2D eigenvalue weighted by Gasteiger charge is 2.17. The molecule has 2 aromatic heterocycles. The number of ether oxygens (including phenoxy) is 1. The third kappa shape index (κ3) is 2.00. The van der Waals surface area contributed by atoms with E-state index in [1.165, 1.54) is 4.90 Å². The Morgan fingerprint density at radius 2 is 2.24 bits per heavy atom. The molecule has 90 valence electrons. The van der Waals surface area contributed by atoms with Gasteiger partial charge in [-0.15, -0.1) is 0 Å². The normalized spacial score (nSPS) is 10.6. The van der Waals surface area contributed by atoms with Gasteiger partial charge in [-0.25, -0.2) is 4.52 Å². The van der Waals surface area contributed by atoms with E-state index in [0.29, 0.717) is 11.3 Å². The van der Waals surface area contributed by atoms with Gasteiger partial charge >= 0.3 is 0 Å². The van der Waals surface area contributed by atoms with Crippen LogP contribution in [0.4, 0.5) is 0 Å². The number of halogens is 1. The number of pyridine rings is 1. The molecule has 0 saturated heterocycles. The van der Waals surface area contributed by atoms with Crippen molar-refractivity contribution in [2.75, 3.05) is 21.2 Å². The van der Waals surface area contributed by atoms with Gasteiger partial charge in [-0.1, -0.05) is 0 Å². The average molecular weight is 298 g/mol. The lowest BCUT2D eigenvalue weighted by atomic mass is 10.2. The predicted octanol–water partition coefficient (Wildman–Crippen LogP) is 1.81. The number of hydrogen-bond acceptors (Lipinski definition) is 3. The Hall–Kier alpha value is -1.56. The summed E-state index contributed by atoms with van der Waals surface area (Å²) in [7, 11) is 5.01. The molecule has 0 N–H and O–H groups in total. The molecule has 0 spiro atoms. The van der Waals surface area contributed by atoms with E-state index in [0.717, 1.165) is 9.99 Å². The van der Waals surface area contributed by atoms with E-state index < -0.39 is 0 Å². The lowest BCUT2D eigenvalue weighted by molar-refractivity contribution is 0.0829. The fourth-order valence-electron chi connectivity index (χ4n) is 1.56. The molecule has 0 aliphatic carbocycles. The predicted molar refractivity (Wildman–Crippen MR) is 67.5 cm³/mol. The Balaban J connectivity index is 2.65. The molecule has 1 amide bonds. The molecule has 0 aliphatic heterocycles. The first kappa shape index (κ1) is 11.9. The molecule has 0 unspecified atom stereocenters. The van der Waals surface area contributed by atoms with Crippen LogP contribution in [0, 0.1) is 0 Å². The summed E-state index contributed by atoms with van der Waals surface area (Å²) in [6, 6.07) is 1.81. The third-order valence-corrected chi connectivity index (χ3v) is 3.02. The molecule has 17 heavy (non-hydrogen) atoms. The van der Waals surface area contributed by atoms with Crippen LogP contribution in [0.2, 0.25) is 0 Å². The van der Waals surface area contributed by atoms with Crippen molar-refractivity contribution >= 4 is 27.4 Å². The number of nitrogens with zero attached hydrogens (tertiary/aromatic N) is 3. The summed E-state index contributed by atoms with van der Waals surface area (Å²) in [6.45, 7) is 0. The first-order chi connectivity index (χ1) is 8.04. The molecule has 0 saturated carbocycles. The van der Waals surface area contributed by atoms with E-state index >= 15 is 0 Å². The zero-order chi connectivity index (χ0) is 12.6. The summed E-state index contributed by atoms with van der Waals surface area (Å²) in [5, 5.41) is 4.15. The SMILES string of the molecule is COc1cc(Br)c2c(C(=O)N(C)C)cnn2c1. The van der Waals surface area contributed by atoms with Gasteiger partial charge in [0, 0.05) is 18.6 Å². The molecular formula is C11H12BrN3O2. The van der Waals surface area contributed by atoms with Crippen molar-refractivity contribution < 1.29 is 9.53 Å². The Morgan fingerprint density at radius 1 is 1.53 bits per heavy atom. The summed E-state index contributed by atoms with van der Waals surface area (Å²) in [6.07, 6.45) is 3.29. The molecule has 2 heterocycles. The standard InChI is InChI=1S/C11H12BrN3O2/c1-14(2)11(16)8-5-13-15-6-7(17-3)4-9(12)10(8)15/h4-6H,1-3H3. The van der Waals surface area contributed by atoms with Crippen LogP contribution in [0.1, 0.15) is 10.4 Å². The van der Waals surface area contributed by atoms with Gasteiger partial charge in [0.1, 0.15) is 5.75 Å². The topological polar surface area (TPSA) is 46.8 Å². The van der Waals surface area contributed by atoms with E-state index in [4.69, 9.17) is 4.74 Å². The largest absolute Gasteiger partial charge is 0.495 e. The molecule has 5 nitrogen and oxygen atoms in total. The zero-order valence-corrected chi connectivity index (χ0v) is 11.4. The van der Waals surface area contributed by atoms with Crippen LogP contribution >= 0.6 is 15.9 Å². The summed E-state index contributed by atoms with van der Waals surface area (Å²) >= 11 is 3.42. The van der Waals surface area contributed by atoms with Crippen LogP contribution in [-0.2, 0) is 0 Å². The van der Waals surface area contributed by atoms with Crippen molar-refractivity contribution in [3.05, 3.63) is 28.5 Å². The maximum atomic E-state index is 11.9. The highest BCUT2D eigenvalue weighted by Crippen LogP contribution is 2.26. The van der Waals surface area contributed by atoms with Crippen molar-refractivity contribution in [3.63, 3.8) is 0 Å². The maximum Gasteiger partial charge on any atom is 0.257 e. The van der Waals surface area contributed by atoms with Crippen LogP contribution in [0.25, 0.3) is 5.52 Å². The zero-order valence-electron chi connectivity index (χ0n) is 9.77. The monoisotopic (exact) mass is 297 g/mol. The van der Waals surface area contributed by atoms with Crippen molar-refractivity contribution in [1.29, 1.82) is 0 Å². The second-order valence-corrected chi connectivity index (χ2v) is 4.63. The Bertz CT molecular complexity index is 577. The quantitative estimate of drug-likeness (QED) is 0.849. The molecule has 0 fully saturated rings. The van der Waals surface area contributed by atoms with Crippen LogP contribution in [-0.4, -0.2) is 41.6 Å². The van der Waals surface area contributed by atoms with Crippen molar-refractivity contribution in [1.82, 2.24) is 14.5 Å². The smallest absolute Gasteiger partial charge is 0.257 e. The molecular weight excluding hydrogens is 286 g/mol. The van der Waals surface area contributed by atoms with Gasteiger partial charge in [0.05, 0.1) is 30.6 Å². The van der Waals surface area contributed by atoms with Gasteiger partial charge < -0.3 is 9.64 Å². The van der Waals surface area contributed by atoms with Gasteiger partial charge in [-0.3, -0.25) is 4.79 Å². The van der Waals surface area contributed by atoms with Crippen molar-refractivity contribution in [2.45, 2.75) is 0 Å². The van der Waals surface area contributed by atoms with E-state index in [9.17, 15) is 4.79 Å². The highest BCUT2D eigenvalue weighted by molar-refractivity contribution is 9.10. The first-order valence-electron chi connectivity index (χ1n) is 4.97. The molecule has 2 rings (SSSR count). The number of aromatic nitrogens is 2. The molecule has 0 aromatic carbocycles. The Kier molecular flexibility index (Phi) is 3.06. The van der Waals surface area contributed by atoms with E-state index in [1.54, 1.807) is 38.1 Å². The summed E-state index contributed by atoms with van der Waals surface area (Å²) in [4.78, 5) is 13.5. The number of hydrogen-bond donors (Lipinski definition) is 0. The fourth-order valence-corrected chi connectivity index (χ4v) is 2.18. The maximum absolute atomic E-state index is 11.9. The number of rotatable bonds is 2. The van der Waals surface area contributed by atoms with Crippen LogP contribution in [0.15, 0.2) is 22.9 Å². The van der Waals surface area contributed by atoms with Gasteiger partial charge in [0.2, 0.25) is 0 Å². The van der Waals surface area contributed by atoms with E-state index in [1.807, 2.05) is 6.07 Å². The van der Waals surface area contributed by atoms with Crippen molar-refractivity contribution in [2.24, 2.45) is 0 Å². The van der Waals surface area contributed by atoms with Crippen LogP contribution in [0.3, 0.4) is 0 Å². The molecule has 2 aromatic rings. The minimum atomic E-state index is -0.0779. The molecule has 6 heteroatoms. The second kappa shape index (κ2) is 4.37. The van der Waals surface area contributed by atoms with Crippen LogP contribution < -0.4 is 4.74 Å². The summed E-state index contributed by atoms with van der Waals surface area (Å²) in [5.74, 6) is 0.599. The first-order valence-corrected chi connectivity index (χ1v) is 5.76. The number of amides is 1. The van der Waals surface area contributed by atoms with E-state index in [2.05, 4.69) is 21.0 Å². The number of fused-ring (bicyclic) bond motifs is 1. The fraction of sp³-hybridized carbons (Fsp3) is 0.273. The summed E-state index contributed by atoms with van der Waals surface area (Å²) < 4.78 is 7.54.